The molecule has 1 heterocycles. The van der Waals surface area contributed by atoms with E-state index in [0.717, 1.165) is 11.1 Å². The summed E-state index contributed by atoms with van der Waals surface area (Å²) < 4.78 is 10.4. The number of amides is 1. The number of hydrogen-bond acceptors (Lipinski definition) is 5. The third-order valence-corrected chi connectivity index (χ3v) is 3.56. The molecule has 0 unspecified atom stereocenters. The van der Waals surface area contributed by atoms with Gasteiger partial charge in [-0.05, 0) is 38.1 Å². The molecule has 6 nitrogen and oxygen atoms in total. The van der Waals surface area contributed by atoms with Crippen LogP contribution in [0.25, 0.3) is 0 Å². The fourth-order valence-corrected chi connectivity index (χ4v) is 2.46. The van der Waals surface area contributed by atoms with Crippen LogP contribution in [-0.4, -0.2) is 29.9 Å². The zero-order valence-corrected chi connectivity index (χ0v) is 14.3. The van der Waals surface area contributed by atoms with Crippen molar-refractivity contribution >= 4 is 11.9 Å². The average molecular weight is 340 g/mol. The van der Waals surface area contributed by atoms with Crippen LogP contribution in [0.15, 0.2) is 41.0 Å². The molecule has 6 heteroatoms. The fraction of sp³-hybridized carbons (Fsp3) is 0.316. The molecule has 2 aromatic rings. The molecule has 2 rings (SSSR count). The van der Waals surface area contributed by atoms with Crippen LogP contribution in [0.2, 0.25) is 0 Å². The molecule has 0 radical (unpaired) electrons. The summed E-state index contributed by atoms with van der Waals surface area (Å²) in [5.74, 6) is -0.310. The molecule has 0 spiro atoms. The van der Waals surface area contributed by atoms with Crippen LogP contribution in [0.4, 0.5) is 0 Å². The SMILES string of the molecule is Cc1cc(C)cc(C(=O)OCC(=O)N(CCC#N)Cc2ccco2)c1. The molecule has 1 aromatic carbocycles. The lowest BCUT2D eigenvalue weighted by molar-refractivity contribution is -0.135. The minimum Gasteiger partial charge on any atom is -0.467 e. The second-order valence-electron chi connectivity index (χ2n) is 5.76. The van der Waals surface area contributed by atoms with Gasteiger partial charge in [0.25, 0.3) is 5.91 Å². The van der Waals surface area contributed by atoms with E-state index in [2.05, 4.69) is 0 Å². The van der Waals surface area contributed by atoms with Gasteiger partial charge in [-0.15, -0.1) is 0 Å². The van der Waals surface area contributed by atoms with E-state index in [9.17, 15) is 9.59 Å². The molecule has 1 amide bonds. The number of rotatable bonds is 7. The van der Waals surface area contributed by atoms with Gasteiger partial charge in [0.1, 0.15) is 5.76 Å². The number of esters is 1. The third-order valence-electron chi connectivity index (χ3n) is 3.56. The molecule has 0 saturated heterocycles. The first-order valence-corrected chi connectivity index (χ1v) is 7.92. The fourth-order valence-electron chi connectivity index (χ4n) is 2.46. The second kappa shape index (κ2) is 8.69. The van der Waals surface area contributed by atoms with Gasteiger partial charge < -0.3 is 14.1 Å². The van der Waals surface area contributed by atoms with Gasteiger partial charge in [0.15, 0.2) is 6.61 Å². The number of nitriles is 1. The molecule has 0 fully saturated rings. The van der Waals surface area contributed by atoms with E-state index in [1.807, 2.05) is 26.0 Å². The van der Waals surface area contributed by atoms with Crippen molar-refractivity contribution in [3.63, 3.8) is 0 Å². The first-order valence-electron chi connectivity index (χ1n) is 7.92. The monoisotopic (exact) mass is 340 g/mol. The zero-order chi connectivity index (χ0) is 18.2. The van der Waals surface area contributed by atoms with Crippen molar-refractivity contribution in [1.82, 2.24) is 4.90 Å². The number of aryl methyl sites for hydroxylation is 2. The maximum absolute atomic E-state index is 12.3. The number of carbonyl (C=O) groups excluding carboxylic acids is 2. The largest absolute Gasteiger partial charge is 0.467 e. The maximum atomic E-state index is 12.3. The Labute approximate surface area is 146 Å². The number of benzene rings is 1. The molecule has 130 valence electrons. The zero-order valence-electron chi connectivity index (χ0n) is 14.3. The standard InChI is InChI=1S/C19H20N2O4/c1-14-9-15(2)11-16(10-14)19(23)25-13-18(22)21(7-4-6-20)12-17-5-3-8-24-17/h3,5,8-11H,4,7,12-13H2,1-2H3. The first kappa shape index (κ1) is 18.3. The molecule has 0 aliphatic rings. The smallest absolute Gasteiger partial charge is 0.338 e. The highest BCUT2D eigenvalue weighted by Crippen LogP contribution is 2.11. The number of carbonyl (C=O) groups is 2. The molecule has 0 N–H and O–H groups in total. The Morgan fingerprint density at radius 2 is 1.96 bits per heavy atom. The lowest BCUT2D eigenvalue weighted by atomic mass is 10.1. The van der Waals surface area contributed by atoms with Crippen molar-refractivity contribution in [1.29, 1.82) is 5.26 Å². The van der Waals surface area contributed by atoms with E-state index >= 15 is 0 Å². The van der Waals surface area contributed by atoms with Crippen molar-refractivity contribution in [3.05, 3.63) is 59.0 Å². The summed E-state index contributed by atoms with van der Waals surface area (Å²) in [7, 11) is 0. The van der Waals surface area contributed by atoms with Crippen LogP contribution in [0.3, 0.4) is 0 Å². The predicted molar refractivity (Wildman–Crippen MR) is 90.6 cm³/mol. The minimum atomic E-state index is -0.543. The first-order chi connectivity index (χ1) is 12.0. The third kappa shape index (κ3) is 5.50. The summed E-state index contributed by atoms with van der Waals surface area (Å²) in [6.45, 7) is 3.88. The Hall–Kier alpha value is -3.07. The molecule has 25 heavy (non-hydrogen) atoms. The molecule has 0 bridgehead atoms. The summed E-state index contributed by atoms with van der Waals surface area (Å²) in [4.78, 5) is 25.9. The van der Waals surface area contributed by atoms with E-state index < -0.39 is 5.97 Å². The Bertz CT molecular complexity index is 755. The Morgan fingerprint density at radius 3 is 2.56 bits per heavy atom. The number of hydrogen-bond donors (Lipinski definition) is 0. The Morgan fingerprint density at radius 1 is 1.24 bits per heavy atom. The molecular weight excluding hydrogens is 320 g/mol. The van der Waals surface area contributed by atoms with Gasteiger partial charge in [0, 0.05) is 6.54 Å². The molecule has 0 atom stereocenters. The number of nitrogens with zero attached hydrogens (tertiary/aromatic N) is 2. The molecule has 1 aromatic heterocycles. The van der Waals surface area contributed by atoms with Gasteiger partial charge in [-0.1, -0.05) is 17.2 Å². The number of furan rings is 1. The summed E-state index contributed by atoms with van der Waals surface area (Å²) >= 11 is 0. The highest BCUT2D eigenvalue weighted by atomic mass is 16.5. The number of ether oxygens (including phenoxy) is 1. The highest BCUT2D eigenvalue weighted by Gasteiger charge is 2.18. The highest BCUT2D eigenvalue weighted by molar-refractivity contribution is 5.91. The summed E-state index contributed by atoms with van der Waals surface area (Å²) in [6, 6.07) is 10.9. The van der Waals surface area contributed by atoms with Gasteiger partial charge >= 0.3 is 5.97 Å². The van der Waals surface area contributed by atoms with Crippen molar-refractivity contribution in [2.24, 2.45) is 0 Å². The average Bonchev–Trinajstić information content (AvgIpc) is 3.08. The minimum absolute atomic E-state index is 0.192. The quantitative estimate of drug-likeness (QED) is 0.724. The van der Waals surface area contributed by atoms with E-state index in [4.69, 9.17) is 14.4 Å². The van der Waals surface area contributed by atoms with Crippen molar-refractivity contribution in [2.75, 3.05) is 13.2 Å². The summed E-state index contributed by atoms with van der Waals surface area (Å²) in [5, 5.41) is 8.75. The van der Waals surface area contributed by atoms with E-state index in [1.54, 1.807) is 24.3 Å². The van der Waals surface area contributed by atoms with Crippen LogP contribution in [0.5, 0.6) is 0 Å². The topological polar surface area (TPSA) is 83.5 Å². The van der Waals surface area contributed by atoms with Crippen LogP contribution in [0, 0.1) is 25.2 Å². The Balaban J connectivity index is 1.97. The van der Waals surface area contributed by atoms with Crippen LogP contribution in [0.1, 0.15) is 33.7 Å². The molecule has 0 saturated carbocycles. The normalized spacial score (nSPS) is 10.1. The van der Waals surface area contributed by atoms with Gasteiger partial charge in [-0.25, -0.2) is 4.79 Å². The molecular formula is C19H20N2O4. The Kier molecular flexibility index (Phi) is 6.35. The van der Waals surface area contributed by atoms with Crippen LogP contribution in [-0.2, 0) is 16.1 Å². The van der Waals surface area contributed by atoms with Crippen LogP contribution < -0.4 is 0 Å². The van der Waals surface area contributed by atoms with Crippen LogP contribution >= 0.6 is 0 Å². The molecule has 0 aliphatic heterocycles. The van der Waals surface area contributed by atoms with Gasteiger partial charge in [-0.2, -0.15) is 5.26 Å². The summed E-state index contributed by atoms with van der Waals surface area (Å²) in [6.07, 6.45) is 1.71. The van der Waals surface area contributed by atoms with E-state index in [1.165, 1.54) is 11.2 Å². The van der Waals surface area contributed by atoms with E-state index in [0.29, 0.717) is 11.3 Å². The van der Waals surface area contributed by atoms with Gasteiger partial charge in [0.2, 0.25) is 0 Å². The van der Waals surface area contributed by atoms with Crippen molar-refractivity contribution in [2.45, 2.75) is 26.8 Å². The second-order valence-corrected chi connectivity index (χ2v) is 5.76. The van der Waals surface area contributed by atoms with Gasteiger partial charge in [-0.3, -0.25) is 4.79 Å². The van der Waals surface area contributed by atoms with Crippen molar-refractivity contribution in [3.8, 4) is 6.07 Å². The lowest BCUT2D eigenvalue weighted by Crippen LogP contribution is -2.35. The molecule has 0 aliphatic carbocycles. The van der Waals surface area contributed by atoms with Gasteiger partial charge in [0.05, 0.1) is 30.9 Å². The summed E-state index contributed by atoms with van der Waals surface area (Å²) in [5.41, 5.74) is 2.32. The van der Waals surface area contributed by atoms with E-state index in [-0.39, 0.29) is 32.0 Å². The lowest BCUT2D eigenvalue weighted by Gasteiger charge is -2.20. The maximum Gasteiger partial charge on any atom is 0.338 e. The van der Waals surface area contributed by atoms with Crippen molar-refractivity contribution < 1.29 is 18.7 Å². The predicted octanol–water partition coefficient (Wildman–Crippen LogP) is 3.00.